The Morgan fingerprint density at radius 2 is 2.29 bits per heavy atom. The summed E-state index contributed by atoms with van der Waals surface area (Å²) < 4.78 is 5.07. The molecule has 2 rings (SSSR count). The first kappa shape index (κ1) is 9.30. The molecule has 1 fully saturated rings. The van der Waals surface area contributed by atoms with Gasteiger partial charge in [-0.2, -0.15) is 0 Å². The van der Waals surface area contributed by atoms with Crippen LogP contribution in [0.2, 0.25) is 0 Å². The SMILES string of the molecule is CC1CCCC(Nc2nnc(N)o2)C1. The third-order valence-corrected chi connectivity index (χ3v) is 2.70. The van der Waals surface area contributed by atoms with Crippen molar-refractivity contribution in [2.75, 3.05) is 11.1 Å². The number of hydrogen-bond acceptors (Lipinski definition) is 5. The molecule has 1 aromatic rings. The van der Waals surface area contributed by atoms with E-state index in [1.165, 1.54) is 25.7 Å². The van der Waals surface area contributed by atoms with Crippen molar-refractivity contribution in [2.45, 2.75) is 38.6 Å². The van der Waals surface area contributed by atoms with Crippen LogP contribution in [0.1, 0.15) is 32.6 Å². The van der Waals surface area contributed by atoms with Crippen LogP contribution in [0.15, 0.2) is 4.42 Å². The molecule has 1 aliphatic rings. The lowest BCUT2D eigenvalue weighted by molar-refractivity contribution is 0.354. The van der Waals surface area contributed by atoms with Gasteiger partial charge in [-0.3, -0.25) is 0 Å². The number of nitrogens with two attached hydrogens (primary N) is 1. The minimum absolute atomic E-state index is 0.122. The Labute approximate surface area is 83.1 Å². The van der Waals surface area contributed by atoms with Crippen LogP contribution in [-0.2, 0) is 0 Å². The topological polar surface area (TPSA) is 77.0 Å². The molecule has 0 aliphatic heterocycles. The largest absolute Gasteiger partial charge is 0.390 e. The van der Waals surface area contributed by atoms with Gasteiger partial charge in [-0.15, -0.1) is 0 Å². The van der Waals surface area contributed by atoms with Gasteiger partial charge in [0.1, 0.15) is 0 Å². The number of nitrogens with zero attached hydrogens (tertiary/aromatic N) is 2. The van der Waals surface area contributed by atoms with Gasteiger partial charge in [0.05, 0.1) is 0 Å². The molecule has 0 aromatic carbocycles. The van der Waals surface area contributed by atoms with Gasteiger partial charge in [0, 0.05) is 6.04 Å². The second-order valence-electron chi connectivity index (χ2n) is 4.06. The predicted octanol–water partition coefficient (Wildman–Crippen LogP) is 1.64. The maximum atomic E-state index is 5.33. The number of rotatable bonds is 2. The van der Waals surface area contributed by atoms with Gasteiger partial charge in [-0.25, -0.2) is 0 Å². The van der Waals surface area contributed by atoms with Gasteiger partial charge in [0.2, 0.25) is 0 Å². The van der Waals surface area contributed by atoms with Crippen LogP contribution in [0.3, 0.4) is 0 Å². The van der Waals surface area contributed by atoms with Crippen LogP contribution in [0.25, 0.3) is 0 Å². The third kappa shape index (κ3) is 2.16. The number of nitrogens with one attached hydrogen (secondary N) is 1. The minimum atomic E-state index is 0.122. The number of aromatic nitrogens is 2. The van der Waals surface area contributed by atoms with Crippen LogP contribution in [0, 0.1) is 5.92 Å². The van der Waals surface area contributed by atoms with Crippen LogP contribution in [-0.4, -0.2) is 16.2 Å². The highest BCUT2D eigenvalue weighted by Crippen LogP contribution is 2.25. The van der Waals surface area contributed by atoms with E-state index in [-0.39, 0.29) is 6.01 Å². The fourth-order valence-electron chi connectivity index (χ4n) is 2.03. The Balaban J connectivity index is 1.90. The standard InChI is InChI=1S/C9H16N4O/c1-6-3-2-4-7(5-6)11-9-13-12-8(10)14-9/h6-7H,2-5H2,1H3,(H2,10,12)(H,11,13). The maximum absolute atomic E-state index is 5.33. The number of anilines is 2. The molecule has 1 saturated carbocycles. The maximum Gasteiger partial charge on any atom is 0.317 e. The molecule has 3 N–H and O–H groups in total. The smallest absolute Gasteiger partial charge is 0.317 e. The van der Waals surface area contributed by atoms with Gasteiger partial charge < -0.3 is 15.5 Å². The summed E-state index contributed by atoms with van der Waals surface area (Å²) in [6.45, 7) is 2.27. The first-order valence-corrected chi connectivity index (χ1v) is 5.09. The van der Waals surface area contributed by atoms with E-state index >= 15 is 0 Å². The summed E-state index contributed by atoms with van der Waals surface area (Å²) >= 11 is 0. The lowest BCUT2D eigenvalue weighted by Gasteiger charge is -2.26. The Morgan fingerprint density at radius 3 is 2.93 bits per heavy atom. The Morgan fingerprint density at radius 1 is 1.43 bits per heavy atom. The second-order valence-corrected chi connectivity index (χ2v) is 4.06. The number of hydrogen-bond donors (Lipinski definition) is 2. The predicted molar refractivity (Wildman–Crippen MR) is 53.8 cm³/mol. The van der Waals surface area contributed by atoms with Crippen LogP contribution in [0.5, 0.6) is 0 Å². The molecule has 0 amide bonds. The Bertz CT molecular complexity index is 299. The summed E-state index contributed by atoms with van der Waals surface area (Å²) in [4.78, 5) is 0. The van der Waals surface area contributed by atoms with E-state index in [1.54, 1.807) is 0 Å². The summed E-state index contributed by atoms with van der Waals surface area (Å²) in [6, 6.07) is 1.02. The lowest BCUT2D eigenvalue weighted by atomic mass is 9.87. The van der Waals surface area contributed by atoms with E-state index in [4.69, 9.17) is 10.2 Å². The molecule has 1 aliphatic carbocycles. The molecular weight excluding hydrogens is 180 g/mol. The molecule has 78 valence electrons. The van der Waals surface area contributed by atoms with E-state index in [0.29, 0.717) is 12.1 Å². The molecule has 1 aromatic heterocycles. The first-order chi connectivity index (χ1) is 6.74. The molecule has 0 saturated heterocycles. The molecule has 0 radical (unpaired) electrons. The van der Waals surface area contributed by atoms with Crippen LogP contribution >= 0.6 is 0 Å². The number of nitrogen functional groups attached to an aromatic ring is 1. The van der Waals surface area contributed by atoms with Crippen molar-refractivity contribution in [2.24, 2.45) is 5.92 Å². The highest BCUT2D eigenvalue weighted by molar-refractivity contribution is 5.24. The molecule has 2 unspecified atom stereocenters. The van der Waals surface area contributed by atoms with Gasteiger partial charge in [0.25, 0.3) is 0 Å². The lowest BCUT2D eigenvalue weighted by Crippen LogP contribution is -2.26. The second kappa shape index (κ2) is 3.86. The quantitative estimate of drug-likeness (QED) is 0.752. The van der Waals surface area contributed by atoms with Gasteiger partial charge in [-0.05, 0) is 18.8 Å². The van der Waals surface area contributed by atoms with Crippen molar-refractivity contribution < 1.29 is 4.42 Å². The van der Waals surface area contributed by atoms with Crippen molar-refractivity contribution in [1.82, 2.24) is 10.2 Å². The molecule has 0 bridgehead atoms. The monoisotopic (exact) mass is 196 g/mol. The van der Waals surface area contributed by atoms with E-state index < -0.39 is 0 Å². The van der Waals surface area contributed by atoms with E-state index in [2.05, 4.69) is 22.4 Å². The summed E-state index contributed by atoms with van der Waals surface area (Å²) in [5, 5.41) is 10.6. The summed E-state index contributed by atoms with van der Waals surface area (Å²) in [5.74, 6) is 0.779. The highest BCUT2D eigenvalue weighted by atomic mass is 16.4. The van der Waals surface area contributed by atoms with E-state index in [1.807, 2.05) is 0 Å². The van der Waals surface area contributed by atoms with Crippen LogP contribution in [0.4, 0.5) is 12.0 Å². The van der Waals surface area contributed by atoms with Crippen molar-refractivity contribution in [3.63, 3.8) is 0 Å². The van der Waals surface area contributed by atoms with Crippen molar-refractivity contribution in [1.29, 1.82) is 0 Å². The molecule has 5 nitrogen and oxygen atoms in total. The fourth-order valence-corrected chi connectivity index (χ4v) is 2.03. The summed E-state index contributed by atoms with van der Waals surface area (Å²) in [7, 11) is 0. The molecule has 2 atom stereocenters. The molecule has 14 heavy (non-hydrogen) atoms. The summed E-state index contributed by atoms with van der Waals surface area (Å²) in [6.07, 6.45) is 4.93. The average Bonchev–Trinajstić information content (AvgIpc) is 2.51. The van der Waals surface area contributed by atoms with Crippen molar-refractivity contribution in [3.05, 3.63) is 0 Å². The molecular formula is C9H16N4O. The van der Waals surface area contributed by atoms with E-state index in [0.717, 1.165) is 5.92 Å². The molecule has 5 heteroatoms. The zero-order chi connectivity index (χ0) is 9.97. The van der Waals surface area contributed by atoms with Gasteiger partial charge in [0.15, 0.2) is 0 Å². The average molecular weight is 196 g/mol. The minimum Gasteiger partial charge on any atom is -0.390 e. The van der Waals surface area contributed by atoms with Crippen molar-refractivity contribution >= 4 is 12.0 Å². The molecule has 1 heterocycles. The Kier molecular flexibility index (Phi) is 2.56. The fraction of sp³-hybridized carbons (Fsp3) is 0.778. The van der Waals surface area contributed by atoms with Gasteiger partial charge >= 0.3 is 12.0 Å². The van der Waals surface area contributed by atoms with E-state index in [9.17, 15) is 0 Å². The zero-order valence-electron chi connectivity index (χ0n) is 8.36. The third-order valence-electron chi connectivity index (χ3n) is 2.70. The highest BCUT2D eigenvalue weighted by Gasteiger charge is 2.20. The van der Waals surface area contributed by atoms with Crippen molar-refractivity contribution in [3.8, 4) is 0 Å². The Hall–Kier alpha value is -1.26. The zero-order valence-corrected chi connectivity index (χ0v) is 8.36. The normalized spacial score (nSPS) is 27.5. The van der Waals surface area contributed by atoms with Crippen LogP contribution < -0.4 is 11.1 Å². The van der Waals surface area contributed by atoms with Gasteiger partial charge in [-0.1, -0.05) is 30.0 Å². The molecule has 0 spiro atoms. The first-order valence-electron chi connectivity index (χ1n) is 5.09. The summed E-state index contributed by atoms with van der Waals surface area (Å²) in [5.41, 5.74) is 5.33.